The van der Waals surface area contributed by atoms with Gasteiger partial charge in [-0.3, -0.25) is 4.79 Å². The molecule has 1 aromatic carbocycles. The van der Waals surface area contributed by atoms with Crippen molar-refractivity contribution < 1.29 is 9.18 Å². The molecule has 3 N–H and O–H groups in total. The number of halogens is 1. The normalized spacial score (nSPS) is 29.6. The molecule has 3 nitrogen and oxygen atoms in total. The zero-order valence-corrected chi connectivity index (χ0v) is 13.9. The van der Waals surface area contributed by atoms with Gasteiger partial charge < -0.3 is 11.1 Å². The highest BCUT2D eigenvalue weighted by Gasteiger charge is 2.41. The fourth-order valence-electron chi connectivity index (χ4n) is 4.14. The van der Waals surface area contributed by atoms with Crippen molar-refractivity contribution >= 4 is 5.91 Å². The number of hydrogen-bond donors (Lipinski definition) is 2. The van der Waals surface area contributed by atoms with Crippen LogP contribution in [0, 0.1) is 11.7 Å². The van der Waals surface area contributed by atoms with Crippen molar-refractivity contribution in [2.75, 3.05) is 6.54 Å². The Hall–Kier alpha value is -1.42. The van der Waals surface area contributed by atoms with Crippen LogP contribution in [0.4, 0.5) is 4.39 Å². The van der Waals surface area contributed by atoms with E-state index in [2.05, 4.69) is 5.32 Å². The summed E-state index contributed by atoms with van der Waals surface area (Å²) in [5.74, 6) is -0.224. The predicted molar refractivity (Wildman–Crippen MR) is 89.5 cm³/mol. The lowest BCUT2D eigenvalue weighted by molar-refractivity contribution is -0.128. The standard InChI is InChI=1S/C19H27FN2O/c1-18(21)10-3-2-5-16(18)17(23)22-13-19(11-4-12-19)14-6-8-15(20)9-7-14/h6-9,16H,2-5,10-13,21H2,1H3,(H,22,23). The molecule has 0 aliphatic heterocycles. The summed E-state index contributed by atoms with van der Waals surface area (Å²) in [6, 6.07) is 6.73. The molecule has 2 aliphatic carbocycles. The topological polar surface area (TPSA) is 55.1 Å². The van der Waals surface area contributed by atoms with Crippen LogP contribution in [0.2, 0.25) is 0 Å². The fraction of sp³-hybridized carbons (Fsp3) is 0.632. The second kappa shape index (κ2) is 6.23. The van der Waals surface area contributed by atoms with Crippen molar-refractivity contribution in [3.8, 4) is 0 Å². The second-order valence-corrected chi connectivity index (χ2v) is 7.66. The zero-order valence-electron chi connectivity index (χ0n) is 13.9. The molecule has 2 atom stereocenters. The summed E-state index contributed by atoms with van der Waals surface area (Å²) in [7, 11) is 0. The molecule has 2 fully saturated rings. The molecule has 0 bridgehead atoms. The lowest BCUT2D eigenvalue weighted by Crippen LogP contribution is -2.55. The van der Waals surface area contributed by atoms with E-state index in [1.807, 2.05) is 19.1 Å². The van der Waals surface area contributed by atoms with E-state index in [1.54, 1.807) is 0 Å². The number of hydrogen-bond acceptors (Lipinski definition) is 2. The number of carbonyl (C=O) groups is 1. The third-order valence-corrected chi connectivity index (χ3v) is 5.94. The Bertz CT molecular complexity index is 563. The smallest absolute Gasteiger partial charge is 0.224 e. The molecule has 126 valence electrons. The van der Waals surface area contributed by atoms with Gasteiger partial charge in [-0.2, -0.15) is 0 Å². The Morgan fingerprint density at radius 3 is 2.48 bits per heavy atom. The molecule has 0 heterocycles. The van der Waals surface area contributed by atoms with E-state index in [1.165, 1.54) is 12.1 Å². The number of nitrogens with two attached hydrogens (primary N) is 1. The highest BCUT2D eigenvalue weighted by molar-refractivity contribution is 5.80. The summed E-state index contributed by atoms with van der Waals surface area (Å²) in [5, 5.41) is 3.15. The van der Waals surface area contributed by atoms with E-state index in [4.69, 9.17) is 5.73 Å². The van der Waals surface area contributed by atoms with Crippen molar-refractivity contribution in [3.05, 3.63) is 35.6 Å². The molecule has 4 heteroatoms. The molecule has 1 amide bonds. The van der Waals surface area contributed by atoms with Crippen LogP contribution in [0.1, 0.15) is 57.4 Å². The summed E-state index contributed by atoms with van der Waals surface area (Å²) in [5.41, 5.74) is 7.04. The van der Waals surface area contributed by atoms with Gasteiger partial charge in [0.25, 0.3) is 0 Å². The van der Waals surface area contributed by atoms with Crippen LogP contribution in [0.15, 0.2) is 24.3 Å². The molecule has 0 aromatic heterocycles. The van der Waals surface area contributed by atoms with E-state index in [0.29, 0.717) is 6.54 Å². The summed E-state index contributed by atoms with van der Waals surface area (Å²) in [6.45, 7) is 2.62. The first-order valence-corrected chi connectivity index (χ1v) is 8.76. The summed E-state index contributed by atoms with van der Waals surface area (Å²) in [6.07, 6.45) is 7.22. The zero-order chi connectivity index (χ0) is 16.5. The number of carbonyl (C=O) groups excluding carboxylic acids is 1. The summed E-state index contributed by atoms with van der Waals surface area (Å²) >= 11 is 0. The fourth-order valence-corrected chi connectivity index (χ4v) is 4.14. The van der Waals surface area contributed by atoms with E-state index >= 15 is 0 Å². The average molecular weight is 318 g/mol. The van der Waals surface area contributed by atoms with Crippen molar-refractivity contribution in [2.45, 2.75) is 62.8 Å². The first-order chi connectivity index (χ1) is 10.9. The first-order valence-electron chi connectivity index (χ1n) is 8.76. The number of amides is 1. The van der Waals surface area contributed by atoms with Crippen molar-refractivity contribution in [1.29, 1.82) is 0 Å². The van der Waals surface area contributed by atoms with Crippen LogP contribution in [0.5, 0.6) is 0 Å². The minimum absolute atomic E-state index is 0.0248. The Labute approximate surface area is 137 Å². The largest absolute Gasteiger partial charge is 0.355 e. The summed E-state index contributed by atoms with van der Waals surface area (Å²) < 4.78 is 13.2. The third-order valence-electron chi connectivity index (χ3n) is 5.94. The lowest BCUT2D eigenvalue weighted by atomic mass is 9.64. The Morgan fingerprint density at radius 1 is 1.22 bits per heavy atom. The molecule has 2 saturated carbocycles. The minimum Gasteiger partial charge on any atom is -0.355 e. The number of nitrogens with one attached hydrogen (secondary N) is 1. The lowest BCUT2D eigenvalue weighted by Gasteiger charge is -2.44. The average Bonchev–Trinajstić information content (AvgIpc) is 2.47. The maximum atomic E-state index is 13.2. The Balaban J connectivity index is 1.66. The van der Waals surface area contributed by atoms with Gasteiger partial charge in [0.2, 0.25) is 5.91 Å². The molecular weight excluding hydrogens is 291 g/mol. The van der Waals surface area contributed by atoms with Crippen LogP contribution in [-0.4, -0.2) is 18.0 Å². The van der Waals surface area contributed by atoms with Crippen LogP contribution >= 0.6 is 0 Å². The van der Waals surface area contributed by atoms with Gasteiger partial charge in [-0.05, 0) is 50.3 Å². The van der Waals surface area contributed by atoms with Crippen LogP contribution < -0.4 is 11.1 Å². The molecule has 2 aliphatic rings. The van der Waals surface area contributed by atoms with Gasteiger partial charge in [0.05, 0.1) is 5.92 Å². The monoisotopic (exact) mass is 318 g/mol. The van der Waals surface area contributed by atoms with Gasteiger partial charge in [-0.1, -0.05) is 31.4 Å². The van der Waals surface area contributed by atoms with Gasteiger partial charge >= 0.3 is 0 Å². The highest BCUT2D eigenvalue weighted by atomic mass is 19.1. The molecule has 23 heavy (non-hydrogen) atoms. The van der Waals surface area contributed by atoms with Crippen LogP contribution in [0.25, 0.3) is 0 Å². The second-order valence-electron chi connectivity index (χ2n) is 7.66. The van der Waals surface area contributed by atoms with Crippen molar-refractivity contribution in [3.63, 3.8) is 0 Å². The third kappa shape index (κ3) is 3.27. The minimum atomic E-state index is -0.398. The molecule has 2 unspecified atom stereocenters. The van der Waals surface area contributed by atoms with Gasteiger partial charge in [0.1, 0.15) is 5.82 Å². The molecule has 0 spiro atoms. The van der Waals surface area contributed by atoms with Crippen LogP contribution in [0.3, 0.4) is 0 Å². The maximum Gasteiger partial charge on any atom is 0.224 e. The Kier molecular flexibility index (Phi) is 4.45. The first kappa shape index (κ1) is 16.4. The summed E-state index contributed by atoms with van der Waals surface area (Å²) in [4.78, 5) is 12.6. The molecular formula is C19H27FN2O. The van der Waals surface area contributed by atoms with E-state index in [-0.39, 0.29) is 23.1 Å². The highest BCUT2D eigenvalue weighted by Crippen LogP contribution is 2.43. The maximum absolute atomic E-state index is 13.2. The predicted octanol–water partition coefficient (Wildman–Crippen LogP) is 3.27. The quantitative estimate of drug-likeness (QED) is 0.895. The van der Waals surface area contributed by atoms with Crippen molar-refractivity contribution in [1.82, 2.24) is 5.32 Å². The van der Waals surface area contributed by atoms with Gasteiger partial charge in [0.15, 0.2) is 0 Å². The molecule has 0 saturated heterocycles. The SMILES string of the molecule is CC1(N)CCCCC1C(=O)NCC1(c2ccc(F)cc2)CCC1. The van der Waals surface area contributed by atoms with E-state index in [9.17, 15) is 9.18 Å². The molecule has 0 radical (unpaired) electrons. The molecule has 3 rings (SSSR count). The van der Waals surface area contributed by atoms with E-state index < -0.39 is 5.54 Å². The van der Waals surface area contributed by atoms with Gasteiger partial charge in [-0.15, -0.1) is 0 Å². The van der Waals surface area contributed by atoms with E-state index in [0.717, 1.165) is 50.5 Å². The van der Waals surface area contributed by atoms with Gasteiger partial charge in [0, 0.05) is 17.5 Å². The Morgan fingerprint density at radius 2 is 1.91 bits per heavy atom. The van der Waals surface area contributed by atoms with Gasteiger partial charge in [-0.25, -0.2) is 4.39 Å². The number of rotatable bonds is 4. The van der Waals surface area contributed by atoms with Crippen molar-refractivity contribution in [2.24, 2.45) is 11.7 Å². The molecule has 1 aromatic rings. The number of benzene rings is 1. The van der Waals surface area contributed by atoms with Crippen LogP contribution in [-0.2, 0) is 10.2 Å².